The summed E-state index contributed by atoms with van der Waals surface area (Å²) in [5.41, 5.74) is 1.54. The van der Waals surface area contributed by atoms with Crippen molar-refractivity contribution in [3.63, 3.8) is 0 Å². The normalized spacial score (nSPS) is 27.8. The second-order valence-electron chi connectivity index (χ2n) is 4.10. The molecule has 1 fully saturated rings. The summed E-state index contributed by atoms with van der Waals surface area (Å²) in [4.78, 5) is 2.37. The molecule has 0 aromatic heterocycles. The highest BCUT2D eigenvalue weighted by Gasteiger charge is 2.24. The van der Waals surface area contributed by atoms with Crippen LogP contribution in [0.15, 0.2) is 11.6 Å². The van der Waals surface area contributed by atoms with E-state index < -0.39 is 0 Å². The van der Waals surface area contributed by atoms with Gasteiger partial charge in [-0.15, -0.1) is 0 Å². The van der Waals surface area contributed by atoms with Gasteiger partial charge in [0.05, 0.1) is 12.7 Å². The molecule has 0 saturated carbocycles. The summed E-state index contributed by atoms with van der Waals surface area (Å²) in [6.07, 6.45) is 3.76. The first-order valence-electron chi connectivity index (χ1n) is 5.09. The van der Waals surface area contributed by atoms with Crippen LogP contribution in [0.25, 0.3) is 0 Å². The average Bonchev–Trinajstić information content (AvgIpc) is 2.43. The lowest BCUT2D eigenvalue weighted by molar-refractivity contribution is 0.0433. The molecular weight excluding hydrogens is 162 g/mol. The quantitative estimate of drug-likeness (QED) is 0.621. The zero-order valence-electron chi connectivity index (χ0n) is 9.21. The lowest BCUT2D eigenvalue weighted by Gasteiger charge is -2.19. The van der Waals surface area contributed by atoms with E-state index >= 15 is 0 Å². The maximum atomic E-state index is 5.62. The van der Waals surface area contributed by atoms with E-state index in [0.717, 1.165) is 13.2 Å². The Hall–Kier alpha value is -0.340. The minimum atomic E-state index is 0.350. The molecule has 1 atom stereocenters. The smallest absolute Gasteiger partial charge is 0.0628 e. The molecule has 0 amide bonds. The molecule has 1 unspecified atom stereocenters. The van der Waals surface area contributed by atoms with E-state index in [-0.39, 0.29) is 0 Å². The average molecular weight is 183 g/mol. The van der Waals surface area contributed by atoms with E-state index in [1.54, 1.807) is 5.57 Å². The third-order valence-electron chi connectivity index (χ3n) is 2.60. The Labute approximate surface area is 81.6 Å². The molecule has 76 valence electrons. The highest BCUT2D eigenvalue weighted by molar-refractivity contribution is 5.11. The number of ether oxygens (including phenoxy) is 1. The summed E-state index contributed by atoms with van der Waals surface area (Å²) < 4.78 is 5.62. The number of nitrogens with zero attached hydrogens (tertiary/aromatic N) is 1. The molecule has 2 heteroatoms. The fourth-order valence-electron chi connectivity index (χ4n) is 1.67. The van der Waals surface area contributed by atoms with Crippen molar-refractivity contribution in [3.8, 4) is 0 Å². The van der Waals surface area contributed by atoms with Gasteiger partial charge in [-0.2, -0.15) is 0 Å². The van der Waals surface area contributed by atoms with Gasteiger partial charge in [-0.05, 0) is 34.2 Å². The molecule has 2 nitrogen and oxygen atoms in total. The second-order valence-corrected chi connectivity index (χ2v) is 4.10. The third-order valence-corrected chi connectivity index (χ3v) is 2.60. The van der Waals surface area contributed by atoms with Crippen LogP contribution in [0.3, 0.4) is 0 Å². The highest BCUT2D eigenvalue weighted by atomic mass is 16.5. The van der Waals surface area contributed by atoms with Gasteiger partial charge in [0.25, 0.3) is 0 Å². The van der Waals surface area contributed by atoms with Crippen LogP contribution in [0, 0.1) is 0 Å². The first-order valence-corrected chi connectivity index (χ1v) is 5.09. The van der Waals surface area contributed by atoms with Crippen LogP contribution in [0.1, 0.15) is 27.2 Å². The molecule has 0 aromatic carbocycles. The van der Waals surface area contributed by atoms with Crippen molar-refractivity contribution in [1.29, 1.82) is 0 Å². The Morgan fingerprint density at radius 2 is 2.31 bits per heavy atom. The summed E-state index contributed by atoms with van der Waals surface area (Å²) in [7, 11) is 2.17. The SMILES string of the molecule is C/C=C1\CC(COC(C)C)N(C)C1. The molecule has 1 aliphatic heterocycles. The van der Waals surface area contributed by atoms with Gasteiger partial charge in [-0.25, -0.2) is 0 Å². The number of likely N-dealkylation sites (tertiary alicyclic amines) is 1. The fourth-order valence-corrected chi connectivity index (χ4v) is 1.67. The first-order chi connectivity index (χ1) is 6.13. The number of allylic oxidation sites excluding steroid dienone is 1. The van der Waals surface area contributed by atoms with Crippen LogP contribution >= 0.6 is 0 Å². The standard InChI is InChI=1S/C11H21NO/c1-5-10-6-11(12(4)7-10)8-13-9(2)3/h5,9,11H,6-8H2,1-4H3/b10-5+. The summed E-state index contributed by atoms with van der Waals surface area (Å²) in [6, 6.07) is 0.591. The Morgan fingerprint density at radius 3 is 2.77 bits per heavy atom. The molecular formula is C11H21NO. The predicted octanol–water partition coefficient (Wildman–Crippen LogP) is 2.06. The van der Waals surface area contributed by atoms with E-state index in [4.69, 9.17) is 4.74 Å². The maximum absolute atomic E-state index is 5.62. The van der Waals surface area contributed by atoms with Gasteiger partial charge >= 0.3 is 0 Å². The largest absolute Gasteiger partial charge is 0.377 e. The van der Waals surface area contributed by atoms with Crippen molar-refractivity contribution < 1.29 is 4.74 Å². The molecule has 1 saturated heterocycles. The van der Waals surface area contributed by atoms with E-state index in [9.17, 15) is 0 Å². The lowest BCUT2D eigenvalue weighted by atomic mass is 10.1. The van der Waals surface area contributed by atoms with Crippen LogP contribution in [0.4, 0.5) is 0 Å². The van der Waals surface area contributed by atoms with E-state index in [0.29, 0.717) is 12.1 Å². The van der Waals surface area contributed by atoms with E-state index in [1.807, 2.05) is 0 Å². The van der Waals surface area contributed by atoms with Crippen LogP contribution in [0.2, 0.25) is 0 Å². The second kappa shape index (κ2) is 4.77. The van der Waals surface area contributed by atoms with E-state index in [1.165, 1.54) is 6.42 Å². The molecule has 0 N–H and O–H groups in total. The number of hydrogen-bond donors (Lipinski definition) is 0. The lowest BCUT2D eigenvalue weighted by Crippen LogP contribution is -2.30. The van der Waals surface area contributed by atoms with Crippen LogP contribution < -0.4 is 0 Å². The topological polar surface area (TPSA) is 12.5 Å². The molecule has 1 aliphatic rings. The van der Waals surface area contributed by atoms with Crippen LogP contribution in [0.5, 0.6) is 0 Å². The number of rotatable bonds is 3. The Bertz CT molecular complexity index is 187. The van der Waals surface area contributed by atoms with Gasteiger partial charge in [-0.1, -0.05) is 11.6 Å². The molecule has 0 aliphatic carbocycles. The molecule has 0 radical (unpaired) electrons. The Morgan fingerprint density at radius 1 is 1.62 bits per heavy atom. The molecule has 13 heavy (non-hydrogen) atoms. The Kier molecular flexibility index (Phi) is 3.94. The minimum absolute atomic E-state index is 0.350. The monoisotopic (exact) mass is 183 g/mol. The summed E-state index contributed by atoms with van der Waals surface area (Å²) in [5, 5.41) is 0. The van der Waals surface area contributed by atoms with Crippen LogP contribution in [-0.2, 0) is 4.74 Å². The summed E-state index contributed by atoms with van der Waals surface area (Å²) in [6.45, 7) is 8.28. The Balaban J connectivity index is 2.35. The summed E-state index contributed by atoms with van der Waals surface area (Å²) in [5.74, 6) is 0. The highest BCUT2D eigenvalue weighted by Crippen LogP contribution is 2.20. The van der Waals surface area contributed by atoms with Crippen LogP contribution in [-0.4, -0.2) is 37.2 Å². The van der Waals surface area contributed by atoms with Crippen molar-refractivity contribution in [2.45, 2.75) is 39.3 Å². The van der Waals surface area contributed by atoms with Crippen molar-refractivity contribution in [1.82, 2.24) is 4.90 Å². The molecule has 0 aromatic rings. The zero-order valence-corrected chi connectivity index (χ0v) is 9.21. The molecule has 1 heterocycles. The maximum Gasteiger partial charge on any atom is 0.0628 e. The van der Waals surface area contributed by atoms with Gasteiger partial charge in [0.15, 0.2) is 0 Å². The molecule has 0 spiro atoms. The number of hydrogen-bond acceptors (Lipinski definition) is 2. The van der Waals surface area contributed by atoms with Crippen molar-refractivity contribution >= 4 is 0 Å². The van der Waals surface area contributed by atoms with Crippen molar-refractivity contribution in [2.75, 3.05) is 20.2 Å². The van der Waals surface area contributed by atoms with Gasteiger partial charge < -0.3 is 4.74 Å². The van der Waals surface area contributed by atoms with Crippen molar-refractivity contribution in [2.24, 2.45) is 0 Å². The van der Waals surface area contributed by atoms with Crippen molar-refractivity contribution in [3.05, 3.63) is 11.6 Å². The summed E-state index contributed by atoms with van der Waals surface area (Å²) >= 11 is 0. The predicted molar refractivity (Wildman–Crippen MR) is 55.9 cm³/mol. The first kappa shape index (κ1) is 10.7. The fraction of sp³-hybridized carbons (Fsp3) is 0.818. The van der Waals surface area contributed by atoms with Gasteiger partial charge in [-0.3, -0.25) is 4.90 Å². The zero-order chi connectivity index (χ0) is 9.84. The van der Waals surface area contributed by atoms with Gasteiger partial charge in [0.1, 0.15) is 0 Å². The van der Waals surface area contributed by atoms with E-state index in [2.05, 4.69) is 38.8 Å². The third kappa shape index (κ3) is 3.12. The van der Waals surface area contributed by atoms with Gasteiger partial charge in [0, 0.05) is 12.6 Å². The molecule has 0 bridgehead atoms. The minimum Gasteiger partial charge on any atom is -0.377 e. The molecule has 1 rings (SSSR count). The number of likely N-dealkylation sites (N-methyl/N-ethyl adjacent to an activating group) is 1. The van der Waals surface area contributed by atoms with Gasteiger partial charge in [0.2, 0.25) is 0 Å².